The fourth-order valence-electron chi connectivity index (χ4n) is 2.21. The Bertz CT molecular complexity index is 755. The van der Waals surface area contributed by atoms with Gasteiger partial charge in [-0.15, -0.1) is 0 Å². The first-order valence-electron chi connectivity index (χ1n) is 5.48. The molecule has 1 aliphatic carbocycles. The maximum absolute atomic E-state index is 14.1. The summed E-state index contributed by atoms with van der Waals surface area (Å²) < 4.78 is 14.1. The zero-order chi connectivity index (χ0) is 13.7. The summed E-state index contributed by atoms with van der Waals surface area (Å²) in [5, 5.41) is -0.334. The summed E-state index contributed by atoms with van der Waals surface area (Å²) in [4.78, 5) is 24.5. The van der Waals surface area contributed by atoms with E-state index in [-0.39, 0.29) is 33.0 Å². The van der Waals surface area contributed by atoms with Gasteiger partial charge in [0.25, 0.3) is 0 Å². The van der Waals surface area contributed by atoms with E-state index >= 15 is 0 Å². The number of carbonyl (C=O) groups excluding carboxylic acids is 2. The number of rotatable bonds is 0. The van der Waals surface area contributed by atoms with Crippen molar-refractivity contribution in [3.8, 4) is 0 Å². The maximum Gasteiger partial charge on any atom is 0.197 e. The second-order valence-electron chi connectivity index (χ2n) is 4.22. The highest BCUT2D eigenvalue weighted by Gasteiger charge is 2.33. The molecule has 0 unspecified atom stereocenters. The first-order valence-corrected chi connectivity index (χ1v) is 5.86. The first kappa shape index (κ1) is 11.9. The smallest absolute Gasteiger partial charge is 0.197 e. The van der Waals surface area contributed by atoms with Gasteiger partial charge in [0.2, 0.25) is 0 Å². The van der Waals surface area contributed by atoms with Gasteiger partial charge in [-0.3, -0.25) is 9.59 Å². The third-order valence-corrected chi connectivity index (χ3v) is 3.51. The van der Waals surface area contributed by atoms with E-state index in [1.165, 1.54) is 18.2 Å². The lowest BCUT2D eigenvalue weighted by molar-refractivity contribution is 0.0976. The molecule has 94 valence electrons. The average molecular weight is 276 g/mol. The van der Waals surface area contributed by atoms with E-state index in [2.05, 4.69) is 0 Å². The van der Waals surface area contributed by atoms with Crippen LogP contribution in [0.4, 0.5) is 10.1 Å². The predicted molar refractivity (Wildman–Crippen MR) is 69.1 cm³/mol. The Morgan fingerprint density at radius 1 is 1.00 bits per heavy atom. The summed E-state index contributed by atoms with van der Waals surface area (Å²) in [6.45, 7) is 0. The van der Waals surface area contributed by atoms with Gasteiger partial charge in [-0.1, -0.05) is 35.9 Å². The van der Waals surface area contributed by atoms with E-state index in [1.807, 2.05) is 0 Å². The molecule has 0 aromatic heterocycles. The van der Waals surface area contributed by atoms with Gasteiger partial charge < -0.3 is 5.73 Å². The van der Waals surface area contributed by atoms with Gasteiger partial charge in [-0.25, -0.2) is 4.39 Å². The molecule has 0 bridgehead atoms. The average Bonchev–Trinajstić information content (AvgIpc) is 2.42. The molecule has 0 radical (unpaired) electrons. The zero-order valence-electron chi connectivity index (χ0n) is 9.54. The molecule has 0 fully saturated rings. The molecule has 0 amide bonds. The predicted octanol–water partition coefficient (Wildman–Crippen LogP) is 2.84. The maximum atomic E-state index is 14.1. The molecule has 0 saturated heterocycles. The van der Waals surface area contributed by atoms with Gasteiger partial charge in [-0.05, 0) is 6.07 Å². The minimum atomic E-state index is -0.940. The Morgan fingerprint density at radius 2 is 1.58 bits per heavy atom. The van der Waals surface area contributed by atoms with Crippen LogP contribution in [-0.4, -0.2) is 11.6 Å². The summed E-state index contributed by atoms with van der Waals surface area (Å²) in [5.74, 6) is -1.92. The van der Waals surface area contributed by atoms with Crippen molar-refractivity contribution < 1.29 is 14.0 Å². The number of ketones is 2. The van der Waals surface area contributed by atoms with Crippen molar-refractivity contribution in [1.29, 1.82) is 0 Å². The highest BCUT2D eigenvalue weighted by molar-refractivity contribution is 6.36. The third kappa shape index (κ3) is 1.50. The Hall–Kier alpha value is -2.20. The fraction of sp³-hybridized carbons (Fsp3) is 0. The minimum absolute atomic E-state index is 0.0388. The molecule has 2 aromatic rings. The van der Waals surface area contributed by atoms with Crippen molar-refractivity contribution in [2.45, 2.75) is 0 Å². The van der Waals surface area contributed by atoms with Crippen LogP contribution in [0.2, 0.25) is 5.02 Å². The van der Waals surface area contributed by atoms with Gasteiger partial charge in [0, 0.05) is 16.7 Å². The standard InChI is InChI=1S/C14H7ClFNO2/c15-11-9(17)5-8-10(12(11)16)14(19)7-4-2-1-3-6(7)13(8)18/h1-5H,17H2. The van der Waals surface area contributed by atoms with E-state index in [0.717, 1.165) is 0 Å². The number of carbonyl (C=O) groups is 2. The second kappa shape index (κ2) is 3.90. The molecule has 3 rings (SSSR count). The lowest BCUT2D eigenvalue weighted by Gasteiger charge is -2.18. The van der Waals surface area contributed by atoms with E-state index < -0.39 is 17.4 Å². The Balaban J connectivity index is 2.40. The van der Waals surface area contributed by atoms with Gasteiger partial charge in [-0.2, -0.15) is 0 Å². The largest absolute Gasteiger partial charge is 0.397 e. The molecule has 3 nitrogen and oxygen atoms in total. The number of benzene rings is 2. The molecule has 0 heterocycles. The molecule has 1 aliphatic rings. The van der Waals surface area contributed by atoms with Crippen molar-refractivity contribution in [1.82, 2.24) is 0 Å². The Labute approximate surface area is 112 Å². The number of fused-ring (bicyclic) bond motifs is 2. The highest BCUT2D eigenvalue weighted by Crippen LogP contribution is 2.35. The van der Waals surface area contributed by atoms with E-state index in [0.29, 0.717) is 0 Å². The van der Waals surface area contributed by atoms with E-state index in [1.54, 1.807) is 12.1 Å². The molecule has 0 aliphatic heterocycles. The number of hydrogen-bond acceptors (Lipinski definition) is 3. The molecule has 2 aromatic carbocycles. The molecule has 0 atom stereocenters. The monoisotopic (exact) mass is 275 g/mol. The summed E-state index contributed by atoms with van der Waals surface area (Å²) in [6.07, 6.45) is 0. The highest BCUT2D eigenvalue weighted by atomic mass is 35.5. The number of anilines is 1. The van der Waals surface area contributed by atoms with Crippen LogP contribution in [0.1, 0.15) is 31.8 Å². The number of nitrogens with two attached hydrogens (primary N) is 1. The number of halogens is 2. The summed E-state index contributed by atoms with van der Waals surface area (Å²) in [7, 11) is 0. The van der Waals surface area contributed by atoms with Crippen LogP contribution in [0, 0.1) is 5.82 Å². The van der Waals surface area contributed by atoms with Gasteiger partial charge in [0.15, 0.2) is 17.4 Å². The van der Waals surface area contributed by atoms with Gasteiger partial charge in [0.1, 0.15) is 5.02 Å². The van der Waals surface area contributed by atoms with Crippen LogP contribution < -0.4 is 5.73 Å². The van der Waals surface area contributed by atoms with Crippen molar-refractivity contribution >= 4 is 28.9 Å². The zero-order valence-corrected chi connectivity index (χ0v) is 10.3. The van der Waals surface area contributed by atoms with Crippen LogP contribution in [0.15, 0.2) is 30.3 Å². The van der Waals surface area contributed by atoms with E-state index in [4.69, 9.17) is 17.3 Å². The quantitative estimate of drug-likeness (QED) is 0.642. The fourth-order valence-corrected chi connectivity index (χ4v) is 2.35. The van der Waals surface area contributed by atoms with Crippen molar-refractivity contribution in [3.05, 3.63) is 63.4 Å². The topological polar surface area (TPSA) is 60.2 Å². The lowest BCUT2D eigenvalue weighted by Crippen LogP contribution is -2.23. The summed E-state index contributed by atoms with van der Waals surface area (Å²) in [5.41, 5.74) is 5.57. The molecule has 0 saturated carbocycles. The van der Waals surface area contributed by atoms with Gasteiger partial charge in [0.05, 0.1) is 11.3 Å². The molecule has 19 heavy (non-hydrogen) atoms. The van der Waals surface area contributed by atoms with Crippen LogP contribution in [0.3, 0.4) is 0 Å². The normalized spacial score (nSPS) is 13.2. The van der Waals surface area contributed by atoms with Crippen molar-refractivity contribution in [2.24, 2.45) is 0 Å². The summed E-state index contributed by atoms with van der Waals surface area (Å²) in [6, 6.07) is 7.52. The van der Waals surface area contributed by atoms with Crippen molar-refractivity contribution in [3.63, 3.8) is 0 Å². The van der Waals surface area contributed by atoms with Crippen LogP contribution >= 0.6 is 11.6 Å². The number of nitrogen functional groups attached to an aromatic ring is 1. The SMILES string of the molecule is Nc1cc2c(c(F)c1Cl)C(=O)c1ccccc1C2=O. The third-order valence-electron chi connectivity index (χ3n) is 3.12. The van der Waals surface area contributed by atoms with Crippen LogP contribution in [-0.2, 0) is 0 Å². The lowest BCUT2D eigenvalue weighted by atomic mass is 9.83. The molecule has 0 spiro atoms. The summed E-state index contributed by atoms with van der Waals surface area (Å²) >= 11 is 5.69. The van der Waals surface area contributed by atoms with Crippen molar-refractivity contribution in [2.75, 3.05) is 5.73 Å². The Morgan fingerprint density at radius 3 is 2.21 bits per heavy atom. The Kier molecular flexibility index (Phi) is 2.43. The minimum Gasteiger partial charge on any atom is -0.397 e. The van der Waals surface area contributed by atoms with Crippen LogP contribution in [0.5, 0.6) is 0 Å². The molecule has 2 N–H and O–H groups in total. The van der Waals surface area contributed by atoms with Crippen LogP contribution in [0.25, 0.3) is 0 Å². The number of hydrogen-bond donors (Lipinski definition) is 1. The first-order chi connectivity index (χ1) is 9.02. The van der Waals surface area contributed by atoms with Gasteiger partial charge >= 0.3 is 0 Å². The molecular formula is C14H7ClFNO2. The molecular weight excluding hydrogens is 269 g/mol. The molecule has 5 heteroatoms. The second-order valence-corrected chi connectivity index (χ2v) is 4.60. The van der Waals surface area contributed by atoms with E-state index in [9.17, 15) is 14.0 Å².